The van der Waals surface area contributed by atoms with E-state index in [9.17, 15) is 19.2 Å². The summed E-state index contributed by atoms with van der Waals surface area (Å²) < 4.78 is 9.63. The summed E-state index contributed by atoms with van der Waals surface area (Å²) in [6.07, 6.45) is 0. The van der Waals surface area contributed by atoms with E-state index in [0.717, 1.165) is 35.8 Å². The maximum atomic E-state index is 13.3. The first kappa shape index (κ1) is 41.9. The summed E-state index contributed by atoms with van der Waals surface area (Å²) in [6, 6.07) is 9.49. The number of ether oxygens (including phenoxy) is 2. The molecule has 24 heteroatoms. The second-order valence-corrected chi connectivity index (χ2v) is 14.2. The van der Waals surface area contributed by atoms with Gasteiger partial charge < -0.3 is 31.6 Å². The molecule has 54 heavy (non-hydrogen) atoms. The fourth-order valence-corrected chi connectivity index (χ4v) is 6.52. The quantitative estimate of drug-likeness (QED) is 0.0208. The molecule has 4 rings (SSSR count). The van der Waals surface area contributed by atoms with Crippen LogP contribution in [0.25, 0.3) is 0 Å². The monoisotopic (exact) mass is 854 g/mol. The van der Waals surface area contributed by atoms with Crippen molar-refractivity contribution in [1.82, 2.24) is 19.9 Å². The molecule has 282 valence electrons. The number of carbonyl (C=O) groups is 4. The minimum Gasteiger partial charge on any atom is -0.467 e. The van der Waals surface area contributed by atoms with E-state index in [4.69, 9.17) is 67.3 Å². The van der Waals surface area contributed by atoms with Gasteiger partial charge in [0.15, 0.2) is 57.0 Å². The molecule has 2 unspecified atom stereocenters. The van der Waals surface area contributed by atoms with Crippen molar-refractivity contribution in [2.45, 2.75) is 12.1 Å². The van der Waals surface area contributed by atoms with Crippen LogP contribution in [0.4, 0.5) is 46.3 Å². The van der Waals surface area contributed by atoms with Crippen molar-refractivity contribution in [1.29, 1.82) is 0 Å². The Balaban J connectivity index is 1.44. The fraction of sp³-hybridized carbons (Fsp3) is 0.200. The van der Waals surface area contributed by atoms with Crippen LogP contribution in [0.1, 0.15) is 0 Å². The molecule has 18 nitrogen and oxygen atoms in total. The number of nitrogens with one attached hydrogen (secondary N) is 2. The largest absolute Gasteiger partial charge is 0.467 e. The molecule has 0 saturated carbocycles. The van der Waals surface area contributed by atoms with Gasteiger partial charge in [-0.25, -0.2) is 9.59 Å². The summed E-state index contributed by atoms with van der Waals surface area (Å²) in [4.78, 5) is 67.8. The van der Waals surface area contributed by atoms with Crippen LogP contribution in [0.3, 0.4) is 0 Å². The van der Waals surface area contributed by atoms with E-state index in [1.165, 1.54) is 0 Å². The molecule has 0 spiro atoms. The lowest BCUT2D eigenvalue weighted by atomic mass is 10.2. The summed E-state index contributed by atoms with van der Waals surface area (Å²) in [7, 11) is 3.97. The number of carbonyl (C=O) groups excluding carboxylic acids is 4. The molecule has 2 atom stereocenters. The van der Waals surface area contributed by atoms with E-state index in [1.54, 1.807) is 48.5 Å². The van der Waals surface area contributed by atoms with E-state index < -0.39 is 35.6 Å². The molecule has 0 amide bonds. The van der Waals surface area contributed by atoms with Crippen molar-refractivity contribution in [3.63, 3.8) is 0 Å². The zero-order valence-electron chi connectivity index (χ0n) is 27.7. The van der Waals surface area contributed by atoms with E-state index in [1.807, 2.05) is 0 Å². The van der Waals surface area contributed by atoms with Crippen LogP contribution in [0.5, 0.6) is 0 Å². The van der Waals surface area contributed by atoms with Gasteiger partial charge in [0.2, 0.25) is 11.9 Å². The van der Waals surface area contributed by atoms with Crippen molar-refractivity contribution in [3.8, 4) is 0 Å². The zero-order chi connectivity index (χ0) is 39.4. The highest BCUT2D eigenvalue weighted by Gasteiger charge is 2.32. The maximum Gasteiger partial charge on any atom is 0.336 e. The van der Waals surface area contributed by atoms with Crippen molar-refractivity contribution < 1.29 is 28.7 Å². The number of nitrogens with zero attached hydrogens (tertiary/aromatic N) is 8. The third kappa shape index (κ3) is 11.8. The Morgan fingerprint density at radius 1 is 0.630 bits per heavy atom. The Bertz CT molecular complexity index is 1930. The van der Waals surface area contributed by atoms with Gasteiger partial charge >= 0.3 is 11.9 Å². The van der Waals surface area contributed by atoms with Crippen molar-refractivity contribution in [2.75, 3.05) is 47.8 Å². The second-order valence-electron chi connectivity index (χ2n) is 10.2. The summed E-state index contributed by atoms with van der Waals surface area (Å²) >= 11 is 24.3. The third-order valence-electron chi connectivity index (χ3n) is 6.47. The summed E-state index contributed by atoms with van der Waals surface area (Å²) in [6.45, 7) is 0. The Morgan fingerprint density at radius 3 is 1.31 bits per heavy atom. The standard InChI is InChI=1S/C30H26Cl4N12O6S2/c1-51-27(49)19(37-25-21(23(33)39-29(35)41-25)45-43-15-7-3-13(31)4-8-15)17(47)11-53-54-12-18(48)20(28(50)52-2)38-26-22(24(34)40-30(36)42-26)46-44-16-9-5-14(32)6-10-16/h3-10,19-20H,11-12H2,1-2H3,(H3,35,37,39,41)(H3,36,38,40,42). The highest BCUT2D eigenvalue weighted by Crippen LogP contribution is 2.35. The van der Waals surface area contributed by atoms with E-state index in [-0.39, 0.29) is 56.7 Å². The Kier molecular flexibility index (Phi) is 15.5. The normalized spacial score (nSPS) is 12.3. The first-order valence-electron chi connectivity index (χ1n) is 14.8. The number of azo groups is 2. The average molecular weight is 857 g/mol. The predicted octanol–water partition coefficient (Wildman–Crippen LogP) is 7.00. The smallest absolute Gasteiger partial charge is 0.336 e. The number of esters is 2. The number of aromatic nitrogens is 4. The number of nitrogen functional groups attached to an aromatic ring is 2. The number of halogens is 4. The molecular formula is C30H26Cl4N12O6S2. The van der Waals surface area contributed by atoms with Gasteiger partial charge in [-0.1, -0.05) is 68.0 Å². The van der Waals surface area contributed by atoms with Crippen LogP contribution < -0.4 is 22.1 Å². The lowest BCUT2D eigenvalue weighted by Gasteiger charge is -2.18. The molecule has 0 aliphatic rings. The molecule has 4 aromatic rings. The molecule has 6 N–H and O–H groups in total. The van der Waals surface area contributed by atoms with Crippen LogP contribution in [-0.4, -0.2) is 81.2 Å². The van der Waals surface area contributed by atoms with Gasteiger partial charge in [0.1, 0.15) is 0 Å². The Hall–Kier alpha value is -4.86. The van der Waals surface area contributed by atoms with Crippen molar-refractivity contribution in [2.24, 2.45) is 20.5 Å². The van der Waals surface area contributed by atoms with Gasteiger partial charge in [0, 0.05) is 10.0 Å². The second kappa shape index (κ2) is 20.0. The minimum absolute atomic E-state index is 0.127. The molecule has 0 radical (unpaired) electrons. The van der Waals surface area contributed by atoms with Crippen LogP contribution in [0, 0.1) is 0 Å². The molecule has 0 fully saturated rings. The number of methoxy groups -OCH3 is 2. The third-order valence-corrected chi connectivity index (χ3v) is 9.68. The van der Waals surface area contributed by atoms with E-state index in [2.05, 4.69) is 51.0 Å². The van der Waals surface area contributed by atoms with Crippen LogP contribution in [-0.2, 0) is 28.7 Å². The molecule has 0 bridgehead atoms. The molecule has 0 aliphatic heterocycles. The lowest BCUT2D eigenvalue weighted by Crippen LogP contribution is -2.40. The molecular weight excluding hydrogens is 830 g/mol. The minimum atomic E-state index is -1.62. The Labute approximate surface area is 334 Å². The van der Waals surface area contributed by atoms with Gasteiger partial charge in [-0.05, 0) is 48.5 Å². The highest BCUT2D eigenvalue weighted by atomic mass is 35.5. The number of rotatable bonds is 17. The fourth-order valence-electron chi connectivity index (χ4n) is 3.91. The van der Waals surface area contributed by atoms with E-state index >= 15 is 0 Å². The van der Waals surface area contributed by atoms with Crippen molar-refractivity contribution in [3.05, 3.63) is 68.9 Å². The van der Waals surface area contributed by atoms with Crippen molar-refractivity contribution >= 4 is 138 Å². The number of Topliss-reactive ketones (excluding diaryl/α,β-unsaturated/α-hetero) is 2. The first-order chi connectivity index (χ1) is 25.8. The first-order valence-corrected chi connectivity index (χ1v) is 18.8. The molecule has 0 saturated heterocycles. The van der Waals surface area contributed by atoms with Crippen LogP contribution >= 0.6 is 68.0 Å². The van der Waals surface area contributed by atoms with Gasteiger partial charge in [-0.2, -0.15) is 30.2 Å². The molecule has 2 aromatic heterocycles. The summed E-state index contributed by atoms with van der Waals surface area (Å²) in [5.41, 5.74) is 12.1. The number of hydrogen-bond acceptors (Lipinski definition) is 20. The van der Waals surface area contributed by atoms with Crippen LogP contribution in [0.15, 0.2) is 69.0 Å². The van der Waals surface area contributed by atoms with Gasteiger partial charge in [-0.15, -0.1) is 10.2 Å². The molecule has 2 heterocycles. The number of nitrogens with two attached hydrogens (primary N) is 2. The number of benzene rings is 2. The lowest BCUT2D eigenvalue weighted by molar-refractivity contribution is -0.145. The zero-order valence-corrected chi connectivity index (χ0v) is 32.4. The predicted molar refractivity (Wildman–Crippen MR) is 208 cm³/mol. The number of ketones is 2. The average Bonchev–Trinajstić information content (AvgIpc) is 3.14. The van der Waals surface area contributed by atoms with E-state index in [0.29, 0.717) is 21.4 Å². The summed E-state index contributed by atoms with van der Waals surface area (Å²) in [5.74, 6) is -4.94. The Morgan fingerprint density at radius 2 is 0.981 bits per heavy atom. The summed E-state index contributed by atoms with van der Waals surface area (Å²) in [5, 5.41) is 22.1. The molecule has 2 aromatic carbocycles. The van der Waals surface area contributed by atoms with Gasteiger partial charge in [-0.3, -0.25) is 9.59 Å². The van der Waals surface area contributed by atoms with Gasteiger partial charge in [0.05, 0.1) is 37.1 Å². The van der Waals surface area contributed by atoms with Gasteiger partial charge in [0.25, 0.3) is 0 Å². The maximum absolute atomic E-state index is 13.3. The molecule has 0 aliphatic carbocycles. The SMILES string of the molecule is COC(=O)C(Nc1nc(N)nc(Cl)c1N=Nc1ccc(Cl)cc1)C(=O)CSSCC(=O)C(Nc1nc(N)nc(Cl)c1N=Nc1ccc(Cl)cc1)C(=O)OC. The topological polar surface area (TPSA) is 264 Å². The number of anilines is 4. The number of hydrogen-bond donors (Lipinski definition) is 4. The van der Waals surface area contributed by atoms with Crippen LogP contribution in [0.2, 0.25) is 20.4 Å². The highest BCUT2D eigenvalue weighted by molar-refractivity contribution is 8.77.